The number of anilines is 1. The fourth-order valence-corrected chi connectivity index (χ4v) is 2.25. The van der Waals surface area contributed by atoms with Crippen molar-refractivity contribution in [3.8, 4) is 0 Å². The number of rotatable bonds is 6. The molecule has 5 heteroatoms. The highest BCUT2D eigenvalue weighted by atomic mass is 19.1. The molecule has 0 saturated heterocycles. The molecule has 116 valence electrons. The van der Waals surface area contributed by atoms with Crippen LogP contribution in [0.25, 0.3) is 6.08 Å². The van der Waals surface area contributed by atoms with Crippen LogP contribution in [0.5, 0.6) is 0 Å². The number of carboxylic acids is 1. The fraction of sp³-hybridized carbons (Fsp3) is 0.438. The van der Waals surface area contributed by atoms with Crippen molar-refractivity contribution in [1.29, 1.82) is 0 Å². The van der Waals surface area contributed by atoms with E-state index in [1.165, 1.54) is 0 Å². The lowest BCUT2D eigenvalue weighted by atomic mass is 10.0. The Morgan fingerprint density at radius 1 is 1.29 bits per heavy atom. The molecule has 0 amide bonds. The normalized spacial score (nSPS) is 12.9. The average molecular weight is 297 g/mol. The number of benzene rings is 1. The maximum absolute atomic E-state index is 14.1. The second-order valence-electron chi connectivity index (χ2n) is 5.59. The van der Waals surface area contributed by atoms with Crippen LogP contribution in [0.2, 0.25) is 0 Å². The van der Waals surface area contributed by atoms with E-state index in [0.29, 0.717) is 5.92 Å². The highest BCUT2D eigenvalue weighted by Gasteiger charge is 2.19. The summed E-state index contributed by atoms with van der Waals surface area (Å²) < 4.78 is 28.2. The molecule has 1 aromatic carbocycles. The van der Waals surface area contributed by atoms with E-state index in [9.17, 15) is 13.6 Å². The van der Waals surface area contributed by atoms with E-state index in [1.54, 1.807) is 11.9 Å². The van der Waals surface area contributed by atoms with Crippen LogP contribution in [0.4, 0.5) is 14.5 Å². The van der Waals surface area contributed by atoms with Gasteiger partial charge in [-0.05, 0) is 43.0 Å². The smallest absolute Gasteiger partial charge is 0.328 e. The molecule has 0 aliphatic carbocycles. The van der Waals surface area contributed by atoms with Crippen molar-refractivity contribution in [3.63, 3.8) is 0 Å². The third kappa shape index (κ3) is 4.85. The predicted molar refractivity (Wildman–Crippen MR) is 80.3 cm³/mol. The zero-order chi connectivity index (χ0) is 16.2. The third-order valence-electron chi connectivity index (χ3n) is 3.28. The van der Waals surface area contributed by atoms with Gasteiger partial charge in [-0.3, -0.25) is 0 Å². The van der Waals surface area contributed by atoms with Crippen LogP contribution in [0.15, 0.2) is 18.2 Å². The van der Waals surface area contributed by atoms with Crippen molar-refractivity contribution < 1.29 is 18.7 Å². The number of hydrogen-bond donors (Lipinski definition) is 1. The summed E-state index contributed by atoms with van der Waals surface area (Å²) in [7, 11) is 1.65. The Bertz CT molecular complexity index is 518. The highest BCUT2D eigenvalue weighted by Crippen LogP contribution is 2.27. The molecule has 1 aromatic rings. The Morgan fingerprint density at radius 3 is 2.24 bits per heavy atom. The van der Waals surface area contributed by atoms with Gasteiger partial charge in [0.1, 0.15) is 17.3 Å². The van der Waals surface area contributed by atoms with Crippen molar-refractivity contribution >= 4 is 17.7 Å². The summed E-state index contributed by atoms with van der Waals surface area (Å²) in [6.07, 6.45) is 2.82. The Labute approximate surface area is 123 Å². The van der Waals surface area contributed by atoms with Gasteiger partial charge in [0.05, 0.1) is 0 Å². The van der Waals surface area contributed by atoms with Gasteiger partial charge in [-0.15, -0.1) is 0 Å². The Kier molecular flexibility index (Phi) is 5.88. The Hall–Kier alpha value is -1.91. The number of hydrogen-bond acceptors (Lipinski definition) is 2. The summed E-state index contributed by atoms with van der Waals surface area (Å²) in [4.78, 5) is 12.0. The number of nitrogens with zero attached hydrogens (tertiary/aromatic N) is 1. The summed E-state index contributed by atoms with van der Waals surface area (Å²) in [6, 6.07) is 2.27. The van der Waals surface area contributed by atoms with Gasteiger partial charge in [-0.2, -0.15) is 0 Å². The minimum absolute atomic E-state index is 0.00517. The van der Waals surface area contributed by atoms with Gasteiger partial charge in [0.15, 0.2) is 0 Å². The van der Waals surface area contributed by atoms with Crippen molar-refractivity contribution in [2.24, 2.45) is 5.92 Å². The molecule has 1 rings (SSSR count). The quantitative estimate of drug-likeness (QED) is 0.809. The SMILES string of the molecule is CC(C)CC(C)N(C)c1c(F)cc(C=CC(=O)O)cc1F. The first-order valence-corrected chi connectivity index (χ1v) is 6.85. The predicted octanol–water partition coefficient (Wildman–Crippen LogP) is 3.93. The molecule has 0 fully saturated rings. The minimum atomic E-state index is -1.16. The molecule has 1 atom stereocenters. The number of halogens is 2. The molecule has 0 aliphatic rings. The third-order valence-corrected chi connectivity index (χ3v) is 3.28. The maximum atomic E-state index is 14.1. The molecule has 0 spiro atoms. The molecule has 0 bridgehead atoms. The van der Waals surface area contributed by atoms with Crippen LogP contribution in [-0.4, -0.2) is 24.2 Å². The Morgan fingerprint density at radius 2 is 1.81 bits per heavy atom. The average Bonchev–Trinajstić information content (AvgIpc) is 2.34. The first-order valence-electron chi connectivity index (χ1n) is 6.85. The lowest BCUT2D eigenvalue weighted by molar-refractivity contribution is -0.131. The minimum Gasteiger partial charge on any atom is -0.478 e. The second kappa shape index (κ2) is 7.20. The lowest BCUT2D eigenvalue weighted by Gasteiger charge is -2.29. The van der Waals surface area contributed by atoms with Crippen LogP contribution in [0.3, 0.4) is 0 Å². The first kappa shape index (κ1) is 17.1. The van der Waals surface area contributed by atoms with Gasteiger partial charge in [0.25, 0.3) is 0 Å². The molecule has 0 saturated carbocycles. The molecular weight excluding hydrogens is 276 g/mol. The van der Waals surface area contributed by atoms with Crippen LogP contribution in [0, 0.1) is 17.6 Å². The summed E-state index contributed by atoms with van der Waals surface area (Å²) in [6.45, 7) is 6.02. The van der Waals surface area contributed by atoms with Gasteiger partial charge in [0, 0.05) is 19.2 Å². The molecule has 3 nitrogen and oxygen atoms in total. The molecule has 1 unspecified atom stereocenters. The standard InChI is InChI=1S/C16H21F2NO2/c1-10(2)7-11(3)19(4)16-13(17)8-12(9-14(16)18)5-6-15(20)21/h5-6,8-11H,7H2,1-4H3,(H,20,21). The van der Waals surface area contributed by atoms with E-state index >= 15 is 0 Å². The zero-order valence-corrected chi connectivity index (χ0v) is 12.7. The maximum Gasteiger partial charge on any atom is 0.328 e. The van der Waals surface area contributed by atoms with Crippen LogP contribution in [-0.2, 0) is 4.79 Å². The fourth-order valence-electron chi connectivity index (χ4n) is 2.25. The van der Waals surface area contributed by atoms with Gasteiger partial charge < -0.3 is 10.0 Å². The monoisotopic (exact) mass is 297 g/mol. The van der Waals surface area contributed by atoms with E-state index < -0.39 is 17.6 Å². The number of carbonyl (C=O) groups is 1. The molecule has 0 aromatic heterocycles. The van der Waals surface area contributed by atoms with Crippen molar-refractivity contribution in [2.45, 2.75) is 33.2 Å². The molecule has 21 heavy (non-hydrogen) atoms. The molecule has 0 heterocycles. The molecule has 1 N–H and O–H groups in total. The van der Waals surface area contributed by atoms with Crippen LogP contribution in [0.1, 0.15) is 32.8 Å². The largest absolute Gasteiger partial charge is 0.478 e. The van der Waals surface area contributed by atoms with E-state index in [2.05, 4.69) is 13.8 Å². The molecule has 0 aliphatic heterocycles. The van der Waals surface area contributed by atoms with Gasteiger partial charge in [0.2, 0.25) is 0 Å². The zero-order valence-electron chi connectivity index (χ0n) is 12.7. The number of carboxylic acid groups (broad SMARTS) is 1. The van der Waals surface area contributed by atoms with Crippen molar-refractivity contribution in [1.82, 2.24) is 0 Å². The molecule has 0 radical (unpaired) electrons. The summed E-state index contributed by atoms with van der Waals surface area (Å²) in [5, 5.41) is 8.53. The van der Waals surface area contributed by atoms with Crippen LogP contribution < -0.4 is 4.90 Å². The van der Waals surface area contributed by atoms with Gasteiger partial charge in [-0.1, -0.05) is 13.8 Å². The van der Waals surface area contributed by atoms with E-state index in [-0.39, 0.29) is 17.3 Å². The second-order valence-corrected chi connectivity index (χ2v) is 5.59. The molecular formula is C16H21F2NO2. The van der Waals surface area contributed by atoms with Crippen molar-refractivity contribution in [3.05, 3.63) is 35.4 Å². The van der Waals surface area contributed by atoms with Gasteiger partial charge >= 0.3 is 5.97 Å². The topological polar surface area (TPSA) is 40.5 Å². The summed E-state index contributed by atoms with van der Waals surface area (Å²) >= 11 is 0. The van der Waals surface area contributed by atoms with E-state index in [1.807, 2.05) is 6.92 Å². The Balaban J connectivity index is 3.07. The van der Waals surface area contributed by atoms with E-state index in [0.717, 1.165) is 30.7 Å². The summed E-state index contributed by atoms with van der Waals surface area (Å²) in [5.41, 5.74) is 0.0942. The van der Waals surface area contributed by atoms with Crippen LogP contribution >= 0.6 is 0 Å². The van der Waals surface area contributed by atoms with Gasteiger partial charge in [-0.25, -0.2) is 13.6 Å². The number of aliphatic carboxylic acids is 1. The summed E-state index contributed by atoms with van der Waals surface area (Å²) in [5.74, 6) is -2.13. The lowest BCUT2D eigenvalue weighted by Crippen LogP contribution is -2.31. The van der Waals surface area contributed by atoms with Crippen molar-refractivity contribution in [2.75, 3.05) is 11.9 Å². The highest BCUT2D eigenvalue weighted by molar-refractivity contribution is 5.85. The van der Waals surface area contributed by atoms with E-state index in [4.69, 9.17) is 5.11 Å². The first-order chi connectivity index (χ1) is 9.72.